The zero-order valence-electron chi connectivity index (χ0n) is 10.4. The predicted molar refractivity (Wildman–Crippen MR) is 69.7 cm³/mol. The summed E-state index contributed by atoms with van der Waals surface area (Å²) in [6.07, 6.45) is 2.10. The van der Waals surface area contributed by atoms with Gasteiger partial charge in [-0.1, -0.05) is 0 Å². The number of halogens is 1. The first kappa shape index (κ1) is 12.7. The van der Waals surface area contributed by atoms with Crippen LogP contribution in [0, 0.1) is 5.82 Å². The van der Waals surface area contributed by atoms with E-state index in [1.807, 2.05) is 4.90 Å². The quantitative estimate of drug-likeness (QED) is 0.806. The second-order valence-electron chi connectivity index (χ2n) is 4.64. The van der Waals surface area contributed by atoms with Crippen LogP contribution in [0.2, 0.25) is 0 Å². The van der Waals surface area contributed by atoms with Gasteiger partial charge in [0.05, 0.1) is 5.69 Å². The first-order valence-corrected chi connectivity index (χ1v) is 6.18. The minimum absolute atomic E-state index is 0.0173. The van der Waals surface area contributed by atoms with Crippen LogP contribution in [0.4, 0.5) is 15.8 Å². The van der Waals surface area contributed by atoms with Crippen molar-refractivity contribution in [3.05, 3.63) is 24.0 Å². The van der Waals surface area contributed by atoms with Gasteiger partial charge < -0.3 is 16.0 Å². The van der Waals surface area contributed by atoms with Gasteiger partial charge in [-0.3, -0.25) is 4.79 Å². The smallest absolute Gasteiger partial charge is 0.244 e. The van der Waals surface area contributed by atoms with Gasteiger partial charge in [-0.25, -0.2) is 4.39 Å². The standard InChI is InChI=1S/C13H18FN3O/c1-9(13(18)17-6-2-3-7-17)16-12-5-4-10(15)8-11(12)14/h4-5,8-9,16H,2-3,6-7,15H2,1H3. The molecule has 1 unspecified atom stereocenters. The SMILES string of the molecule is CC(Nc1ccc(N)cc1F)C(=O)N1CCCC1. The summed E-state index contributed by atoms with van der Waals surface area (Å²) in [5, 5.41) is 2.89. The normalized spacial score (nSPS) is 16.7. The van der Waals surface area contributed by atoms with Crippen LogP contribution in [-0.4, -0.2) is 29.9 Å². The maximum atomic E-state index is 13.6. The number of hydrogen-bond donors (Lipinski definition) is 2. The highest BCUT2D eigenvalue weighted by molar-refractivity contribution is 5.84. The second-order valence-corrected chi connectivity index (χ2v) is 4.64. The number of nitrogens with one attached hydrogen (secondary N) is 1. The van der Waals surface area contributed by atoms with Crippen LogP contribution >= 0.6 is 0 Å². The van der Waals surface area contributed by atoms with Crippen LogP contribution in [-0.2, 0) is 4.79 Å². The van der Waals surface area contributed by atoms with Gasteiger partial charge in [-0.15, -0.1) is 0 Å². The summed E-state index contributed by atoms with van der Waals surface area (Å²) >= 11 is 0. The van der Waals surface area contributed by atoms with Crippen molar-refractivity contribution in [2.24, 2.45) is 0 Å². The number of nitrogen functional groups attached to an aromatic ring is 1. The number of likely N-dealkylation sites (tertiary alicyclic amines) is 1. The molecule has 98 valence electrons. The van der Waals surface area contributed by atoms with Crippen LogP contribution in [0.25, 0.3) is 0 Å². The van der Waals surface area contributed by atoms with Gasteiger partial charge in [0.25, 0.3) is 0 Å². The lowest BCUT2D eigenvalue weighted by Crippen LogP contribution is -2.39. The molecule has 0 saturated carbocycles. The summed E-state index contributed by atoms with van der Waals surface area (Å²) < 4.78 is 13.6. The predicted octanol–water partition coefficient (Wildman–Crippen LogP) is 1.83. The Hall–Kier alpha value is -1.78. The van der Waals surface area contributed by atoms with E-state index in [9.17, 15) is 9.18 Å². The summed E-state index contributed by atoms with van der Waals surface area (Å²) in [5.41, 5.74) is 6.16. The van der Waals surface area contributed by atoms with E-state index >= 15 is 0 Å². The molecule has 3 N–H and O–H groups in total. The molecular weight excluding hydrogens is 233 g/mol. The Morgan fingerprint density at radius 3 is 2.72 bits per heavy atom. The van der Waals surface area contributed by atoms with Gasteiger partial charge in [0.1, 0.15) is 11.9 Å². The van der Waals surface area contributed by atoms with Crippen LogP contribution in [0.15, 0.2) is 18.2 Å². The Kier molecular flexibility index (Phi) is 3.69. The van der Waals surface area contributed by atoms with Crippen molar-refractivity contribution in [2.45, 2.75) is 25.8 Å². The number of benzene rings is 1. The van der Waals surface area contributed by atoms with Crippen molar-refractivity contribution in [1.29, 1.82) is 0 Å². The third kappa shape index (κ3) is 2.72. The monoisotopic (exact) mass is 251 g/mol. The summed E-state index contributed by atoms with van der Waals surface area (Å²) in [6, 6.07) is 3.98. The third-order valence-corrected chi connectivity index (χ3v) is 3.15. The average molecular weight is 251 g/mol. The van der Waals surface area contributed by atoms with E-state index in [1.165, 1.54) is 6.07 Å². The van der Waals surface area contributed by atoms with Gasteiger partial charge >= 0.3 is 0 Å². The molecule has 0 aromatic heterocycles. The molecule has 0 aliphatic carbocycles. The Bertz CT molecular complexity index is 444. The molecule has 1 heterocycles. The summed E-state index contributed by atoms with van der Waals surface area (Å²) in [5.74, 6) is -0.417. The van der Waals surface area contributed by atoms with Crippen molar-refractivity contribution in [1.82, 2.24) is 4.90 Å². The van der Waals surface area contributed by atoms with Gasteiger partial charge in [0.2, 0.25) is 5.91 Å². The molecule has 1 fully saturated rings. The van der Waals surface area contributed by atoms with E-state index in [-0.39, 0.29) is 5.91 Å². The molecule has 0 spiro atoms. The summed E-state index contributed by atoms with van der Waals surface area (Å²) in [7, 11) is 0. The fourth-order valence-electron chi connectivity index (χ4n) is 2.15. The molecule has 1 atom stereocenters. The van der Waals surface area contributed by atoms with E-state index in [1.54, 1.807) is 19.1 Å². The molecular formula is C13H18FN3O. The van der Waals surface area contributed by atoms with Crippen molar-refractivity contribution in [2.75, 3.05) is 24.1 Å². The highest BCUT2D eigenvalue weighted by Crippen LogP contribution is 2.18. The van der Waals surface area contributed by atoms with Crippen molar-refractivity contribution < 1.29 is 9.18 Å². The minimum Gasteiger partial charge on any atom is -0.399 e. The topological polar surface area (TPSA) is 58.4 Å². The lowest BCUT2D eigenvalue weighted by Gasteiger charge is -2.22. The first-order valence-electron chi connectivity index (χ1n) is 6.18. The molecule has 18 heavy (non-hydrogen) atoms. The maximum Gasteiger partial charge on any atom is 0.244 e. The Morgan fingerprint density at radius 2 is 2.11 bits per heavy atom. The van der Waals surface area contributed by atoms with Gasteiger partial charge in [0, 0.05) is 18.8 Å². The fraction of sp³-hybridized carbons (Fsp3) is 0.462. The van der Waals surface area contributed by atoms with Crippen LogP contribution < -0.4 is 11.1 Å². The zero-order valence-corrected chi connectivity index (χ0v) is 10.4. The Labute approximate surface area is 106 Å². The van der Waals surface area contributed by atoms with Crippen LogP contribution in [0.1, 0.15) is 19.8 Å². The van der Waals surface area contributed by atoms with E-state index in [0.717, 1.165) is 25.9 Å². The fourth-order valence-corrected chi connectivity index (χ4v) is 2.15. The van der Waals surface area contributed by atoms with Gasteiger partial charge in [-0.2, -0.15) is 0 Å². The molecule has 1 amide bonds. The highest BCUT2D eigenvalue weighted by Gasteiger charge is 2.23. The lowest BCUT2D eigenvalue weighted by molar-refractivity contribution is -0.130. The molecule has 0 radical (unpaired) electrons. The molecule has 4 nitrogen and oxygen atoms in total. The summed E-state index contributed by atoms with van der Waals surface area (Å²) in [4.78, 5) is 13.9. The number of carbonyl (C=O) groups is 1. The van der Waals surface area contributed by atoms with Crippen molar-refractivity contribution >= 4 is 17.3 Å². The Morgan fingerprint density at radius 1 is 1.44 bits per heavy atom. The zero-order chi connectivity index (χ0) is 13.1. The first-order chi connectivity index (χ1) is 8.58. The number of hydrogen-bond acceptors (Lipinski definition) is 3. The molecule has 1 aromatic rings. The average Bonchev–Trinajstić information content (AvgIpc) is 2.85. The van der Waals surface area contributed by atoms with Gasteiger partial charge in [0.15, 0.2) is 0 Å². The molecule has 1 aliphatic heterocycles. The summed E-state index contributed by atoms with van der Waals surface area (Å²) in [6.45, 7) is 3.35. The molecule has 0 bridgehead atoms. The second kappa shape index (κ2) is 5.25. The van der Waals surface area contributed by atoms with E-state index in [0.29, 0.717) is 11.4 Å². The molecule has 1 aliphatic rings. The molecule has 5 heteroatoms. The molecule has 2 rings (SSSR count). The van der Waals surface area contributed by atoms with Crippen LogP contribution in [0.3, 0.4) is 0 Å². The lowest BCUT2D eigenvalue weighted by atomic mass is 10.2. The third-order valence-electron chi connectivity index (χ3n) is 3.15. The van der Waals surface area contributed by atoms with E-state index in [4.69, 9.17) is 5.73 Å². The minimum atomic E-state index is -0.434. The number of rotatable bonds is 3. The largest absolute Gasteiger partial charge is 0.399 e. The maximum absolute atomic E-state index is 13.6. The number of nitrogens with two attached hydrogens (primary N) is 1. The highest BCUT2D eigenvalue weighted by atomic mass is 19.1. The van der Waals surface area contributed by atoms with E-state index < -0.39 is 11.9 Å². The van der Waals surface area contributed by atoms with Crippen molar-refractivity contribution in [3.63, 3.8) is 0 Å². The Balaban J connectivity index is 2.01. The molecule has 1 aromatic carbocycles. The molecule has 1 saturated heterocycles. The van der Waals surface area contributed by atoms with Crippen molar-refractivity contribution in [3.8, 4) is 0 Å². The van der Waals surface area contributed by atoms with Gasteiger partial charge in [-0.05, 0) is 38.0 Å². The number of carbonyl (C=O) groups excluding carboxylic acids is 1. The number of nitrogens with zero attached hydrogens (tertiary/aromatic N) is 1. The number of amides is 1. The van der Waals surface area contributed by atoms with E-state index in [2.05, 4.69) is 5.32 Å². The van der Waals surface area contributed by atoms with Crippen LogP contribution in [0.5, 0.6) is 0 Å². The number of anilines is 2.